The Morgan fingerprint density at radius 3 is 2.95 bits per heavy atom. The van der Waals surface area contributed by atoms with Crippen LogP contribution in [-0.2, 0) is 17.8 Å². The van der Waals surface area contributed by atoms with E-state index < -0.39 is 0 Å². The largest absolute Gasteiger partial charge is 0.463 e. The Hall–Kier alpha value is -1.84. The number of rotatable bonds is 3. The van der Waals surface area contributed by atoms with Gasteiger partial charge in [-0.3, -0.25) is 4.79 Å². The zero-order valence-corrected chi connectivity index (χ0v) is 11.5. The van der Waals surface area contributed by atoms with Gasteiger partial charge in [0.15, 0.2) is 0 Å². The third kappa shape index (κ3) is 2.62. The van der Waals surface area contributed by atoms with Crippen LogP contribution in [0.4, 0.5) is 4.39 Å². The predicted molar refractivity (Wildman–Crippen MR) is 72.1 cm³/mol. The average Bonchev–Trinajstić information content (AvgIpc) is 2.68. The summed E-state index contributed by atoms with van der Waals surface area (Å²) in [6.45, 7) is 3.99. The van der Waals surface area contributed by atoms with Crippen LogP contribution in [0.1, 0.15) is 36.0 Å². The fourth-order valence-electron chi connectivity index (χ4n) is 2.26. The average molecular weight is 263 g/mol. The molecule has 2 rings (SSSR count). The van der Waals surface area contributed by atoms with Gasteiger partial charge in [-0.25, -0.2) is 4.39 Å². The number of fused-ring (bicyclic) bond motifs is 1. The summed E-state index contributed by atoms with van der Waals surface area (Å²) in [5.74, 6) is 1.05. The molecule has 0 spiro atoms. The van der Waals surface area contributed by atoms with E-state index in [4.69, 9.17) is 4.42 Å². The van der Waals surface area contributed by atoms with Gasteiger partial charge in [0.25, 0.3) is 0 Å². The first-order chi connectivity index (χ1) is 9.04. The van der Waals surface area contributed by atoms with Crippen molar-refractivity contribution in [1.29, 1.82) is 0 Å². The minimum absolute atomic E-state index is 0.0905. The summed E-state index contributed by atoms with van der Waals surface area (Å²) >= 11 is 0. The van der Waals surface area contributed by atoms with Crippen molar-refractivity contribution in [3.8, 4) is 0 Å². The van der Waals surface area contributed by atoms with Crippen molar-refractivity contribution in [2.75, 3.05) is 7.05 Å². The fraction of sp³-hybridized carbons (Fsp3) is 0.400. The third-order valence-electron chi connectivity index (χ3n) is 3.32. The van der Waals surface area contributed by atoms with Crippen LogP contribution < -0.4 is 0 Å². The van der Waals surface area contributed by atoms with E-state index in [0.717, 1.165) is 12.0 Å². The van der Waals surface area contributed by atoms with E-state index in [9.17, 15) is 9.18 Å². The number of furan rings is 1. The molecule has 1 aliphatic carbocycles. The first-order valence-electron chi connectivity index (χ1n) is 6.39. The molecule has 1 aromatic heterocycles. The van der Waals surface area contributed by atoms with E-state index in [1.54, 1.807) is 31.0 Å². The number of allylic oxidation sites excluding steroid dienone is 2. The first-order valence-corrected chi connectivity index (χ1v) is 6.39. The summed E-state index contributed by atoms with van der Waals surface area (Å²) in [5.41, 5.74) is 1.37. The van der Waals surface area contributed by atoms with E-state index in [-0.39, 0.29) is 11.7 Å². The normalized spacial score (nSPS) is 14.4. The van der Waals surface area contributed by atoms with Gasteiger partial charge in [0.1, 0.15) is 17.3 Å². The highest BCUT2D eigenvalue weighted by atomic mass is 19.1. The molecule has 0 atom stereocenters. The Morgan fingerprint density at radius 1 is 1.58 bits per heavy atom. The molecule has 0 fully saturated rings. The number of carbonyl (C=O) groups excluding carboxylic acids is 1. The fourth-order valence-corrected chi connectivity index (χ4v) is 2.26. The van der Waals surface area contributed by atoms with Crippen molar-refractivity contribution >= 4 is 11.7 Å². The second kappa shape index (κ2) is 5.43. The summed E-state index contributed by atoms with van der Waals surface area (Å²) in [6.07, 6.45) is 6.16. The molecule has 1 aromatic rings. The van der Waals surface area contributed by atoms with Gasteiger partial charge < -0.3 is 9.32 Å². The van der Waals surface area contributed by atoms with Gasteiger partial charge in [0.05, 0.1) is 12.1 Å². The monoisotopic (exact) mass is 263 g/mol. The molecule has 0 unspecified atom stereocenters. The SMILES string of the molecule is C/C=C/C(=O)N(C)Cc1oc2c(c1C)C(F)=CCC2. The molecule has 0 N–H and O–H groups in total. The maximum Gasteiger partial charge on any atom is 0.246 e. The second-order valence-corrected chi connectivity index (χ2v) is 4.73. The van der Waals surface area contributed by atoms with Crippen LogP contribution in [0.5, 0.6) is 0 Å². The minimum atomic E-state index is -0.212. The highest BCUT2D eigenvalue weighted by Gasteiger charge is 2.23. The lowest BCUT2D eigenvalue weighted by atomic mass is 10.0. The van der Waals surface area contributed by atoms with Gasteiger partial charge in [-0.2, -0.15) is 0 Å². The topological polar surface area (TPSA) is 33.5 Å². The molecule has 102 valence electrons. The molecule has 0 saturated carbocycles. The van der Waals surface area contributed by atoms with Crippen molar-refractivity contribution in [3.05, 3.63) is 40.9 Å². The molecular weight excluding hydrogens is 245 g/mol. The molecule has 3 nitrogen and oxygen atoms in total. The van der Waals surface area contributed by atoms with Crippen LogP contribution in [-0.4, -0.2) is 17.9 Å². The Labute approximate surface area is 112 Å². The number of nitrogens with zero attached hydrogens (tertiary/aromatic N) is 1. The second-order valence-electron chi connectivity index (χ2n) is 4.73. The van der Waals surface area contributed by atoms with Crippen LogP contribution in [0.15, 0.2) is 22.6 Å². The molecule has 4 heteroatoms. The van der Waals surface area contributed by atoms with Crippen molar-refractivity contribution in [2.45, 2.75) is 33.2 Å². The lowest BCUT2D eigenvalue weighted by molar-refractivity contribution is -0.125. The zero-order chi connectivity index (χ0) is 14.0. The first kappa shape index (κ1) is 13.6. The van der Waals surface area contributed by atoms with Gasteiger partial charge in [-0.05, 0) is 32.4 Å². The maximum atomic E-state index is 13.8. The maximum absolute atomic E-state index is 13.8. The number of likely N-dealkylation sites (N-methyl/N-ethyl adjacent to an activating group) is 1. The smallest absolute Gasteiger partial charge is 0.246 e. The Balaban J connectivity index is 2.23. The van der Waals surface area contributed by atoms with Gasteiger partial charge >= 0.3 is 0 Å². The lowest BCUT2D eigenvalue weighted by Crippen LogP contribution is -2.24. The van der Waals surface area contributed by atoms with Crippen molar-refractivity contribution in [1.82, 2.24) is 4.90 Å². The predicted octanol–water partition coefficient (Wildman–Crippen LogP) is 3.38. The number of halogens is 1. The number of hydrogen-bond donors (Lipinski definition) is 0. The van der Waals surface area contributed by atoms with Crippen molar-refractivity contribution in [3.63, 3.8) is 0 Å². The third-order valence-corrected chi connectivity index (χ3v) is 3.32. The minimum Gasteiger partial charge on any atom is -0.463 e. The number of hydrogen-bond acceptors (Lipinski definition) is 2. The van der Waals surface area contributed by atoms with Crippen LogP contribution in [0, 0.1) is 6.92 Å². The highest BCUT2D eigenvalue weighted by Crippen LogP contribution is 2.34. The summed E-state index contributed by atoms with van der Waals surface area (Å²) in [5, 5.41) is 0. The Kier molecular flexibility index (Phi) is 3.88. The molecule has 0 aliphatic heterocycles. The van der Waals surface area contributed by atoms with E-state index in [0.29, 0.717) is 30.0 Å². The summed E-state index contributed by atoms with van der Waals surface area (Å²) < 4.78 is 19.5. The molecule has 0 bridgehead atoms. The Bertz CT molecular complexity index is 555. The van der Waals surface area contributed by atoms with Gasteiger partial charge in [0, 0.05) is 19.0 Å². The van der Waals surface area contributed by atoms with Crippen molar-refractivity contribution in [2.24, 2.45) is 0 Å². The van der Waals surface area contributed by atoms with Crippen molar-refractivity contribution < 1.29 is 13.6 Å². The van der Waals surface area contributed by atoms with Gasteiger partial charge in [-0.1, -0.05) is 6.08 Å². The summed E-state index contributed by atoms with van der Waals surface area (Å²) in [7, 11) is 1.70. The van der Waals surface area contributed by atoms with Crippen LogP contribution in [0.3, 0.4) is 0 Å². The zero-order valence-electron chi connectivity index (χ0n) is 11.5. The molecular formula is C15H18FNO2. The molecule has 19 heavy (non-hydrogen) atoms. The van der Waals surface area contributed by atoms with Gasteiger partial charge in [-0.15, -0.1) is 0 Å². The molecule has 0 aromatic carbocycles. The summed E-state index contributed by atoms with van der Waals surface area (Å²) in [4.78, 5) is 13.2. The highest BCUT2D eigenvalue weighted by molar-refractivity contribution is 5.87. The Morgan fingerprint density at radius 2 is 2.32 bits per heavy atom. The van der Waals surface area contributed by atoms with Gasteiger partial charge in [0.2, 0.25) is 5.91 Å². The molecule has 0 radical (unpaired) electrons. The standard InChI is InChI=1S/C15H18FNO2/c1-4-6-14(18)17(3)9-13-10(2)15-11(16)7-5-8-12(15)19-13/h4,6-7H,5,8-9H2,1-3H3/b6-4+. The van der Waals surface area contributed by atoms with E-state index >= 15 is 0 Å². The van der Waals surface area contributed by atoms with Crippen LogP contribution in [0.25, 0.3) is 5.83 Å². The van der Waals surface area contributed by atoms with E-state index in [1.807, 2.05) is 6.92 Å². The molecule has 1 aliphatic rings. The number of amides is 1. The van der Waals surface area contributed by atoms with Crippen LogP contribution in [0.2, 0.25) is 0 Å². The van der Waals surface area contributed by atoms with Crippen LogP contribution >= 0.6 is 0 Å². The molecule has 1 amide bonds. The number of aryl methyl sites for hydroxylation is 1. The van der Waals surface area contributed by atoms with E-state index in [1.165, 1.54) is 6.08 Å². The summed E-state index contributed by atoms with van der Waals surface area (Å²) in [6, 6.07) is 0. The molecule has 1 heterocycles. The lowest BCUT2D eigenvalue weighted by Gasteiger charge is -2.13. The quantitative estimate of drug-likeness (QED) is 0.783. The molecule has 0 saturated heterocycles. The number of carbonyl (C=O) groups is 1. The van der Waals surface area contributed by atoms with E-state index in [2.05, 4.69) is 0 Å².